The van der Waals surface area contributed by atoms with Crippen molar-refractivity contribution >= 4 is 14.5 Å². The SMILES string of the molecule is CC[SiH](CC)[C@H]1CNc2ccc(F)cc2C1. The average Bonchev–Trinajstić information content (AvgIpc) is 2.30. The molecule has 0 spiro atoms. The van der Waals surface area contributed by atoms with Crippen LogP contribution in [0.2, 0.25) is 17.6 Å². The van der Waals surface area contributed by atoms with Gasteiger partial charge in [-0.25, -0.2) is 4.39 Å². The van der Waals surface area contributed by atoms with Crippen molar-refractivity contribution in [2.45, 2.75) is 37.9 Å². The maximum Gasteiger partial charge on any atom is 0.123 e. The minimum Gasteiger partial charge on any atom is -0.385 e. The van der Waals surface area contributed by atoms with Gasteiger partial charge in [0.25, 0.3) is 0 Å². The molecule has 1 aromatic carbocycles. The molecule has 0 unspecified atom stereocenters. The van der Waals surface area contributed by atoms with Gasteiger partial charge >= 0.3 is 0 Å². The lowest BCUT2D eigenvalue weighted by Crippen LogP contribution is -2.30. The van der Waals surface area contributed by atoms with Crippen LogP contribution in [0, 0.1) is 5.82 Å². The van der Waals surface area contributed by atoms with E-state index in [1.807, 2.05) is 6.07 Å². The third-order valence-corrected chi connectivity index (χ3v) is 7.72. The molecule has 1 aromatic rings. The van der Waals surface area contributed by atoms with Gasteiger partial charge < -0.3 is 5.32 Å². The van der Waals surface area contributed by atoms with E-state index in [2.05, 4.69) is 19.2 Å². The highest BCUT2D eigenvalue weighted by molar-refractivity contribution is 6.60. The first-order valence-electron chi connectivity index (χ1n) is 6.26. The Labute approximate surface area is 98.7 Å². The van der Waals surface area contributed by atoms with Crippen LogP contribution in [0.3, 0.4) is 0 Å². The molecule has 0 radical (unpaired) electrons. The van der Waals surface area contributed by atoms with Gasteiger partial charge in [0.1, 0.15) is 5.82 Å². The molecule has 1 atom stereocenters. The van der Waals surface area contributed by atoms with Gasteiger partial charge in [0.15, 0.2) is 0 Å². The highest BCUT2D eigenvalue weighted by Gasteiger charge is 2.24. The maximum atomic E-state index is 13.2. The summed E-state index contributed by atoms with van der Waals surface area (Å²) >= 11 is 0. The fourth-order valence-electron chi connectivity index (χ4n) is 2.79. The predicted molar refractivity (Wildman–Crippen MR) is 70.5 cm³/mol. The Morgan fingerprint density at radius 2 is 2.12 bits per heavy atom. The van der Waals surface area contributed by atoms with Crippen molar-refractivity contribution in [3.63, 3.8) is 0 Å². The first-order chi connectivity index (χ1) is 7.74. The molecule has 0 amide bonds. The van der Waals surface area contributed by atoms with Gasteiger partial charge in [-0.2, -0.15) is 0 Å². The first kappa shape index (κ1) is 11.6. The van der Waals surface area contributed by atoms with Crippen LogP contribution in [-0.2, 0) is 6.42 Å². The molecule has 1 heterocycles. The number of anilines is 1. The molecule has 0 saturated carbocycles. The fraction of sp³-hybridized carbons (Fsp3) is 0.538. The third-order valence-electron chi connectivity index (χ3n) is 3.82. The molecule has 1 N–H and O–H groups in total. The summed E-state index contributed by atoms with van der Waals surface area (Å²) < 4.78 is 13.2. The van der Waals surface area contributed by atoms with E-state index in [1.54, 1.807) is 12.1 Å². The van der Waals surface area contributed by atoms with E-state index in [1.165, 1.54) is 17.7 Å². The molecule has 1 nitrogen and oxygen atoms in total. The molecule has 3 heteroatoms. The number of halogens is 1. The summed E-state index contributed by atoms with van der Waals surface area (Å²) in [7, 11) is -0.633. The van der Waals surface area contributed by atoms with E-state index in [4.69, 9.17) is 0 Å². The summed E-state index contributed by atoms with van der Waals surface area (Å²) in [5.41, 5.74) is 3.11. The Balaban J connectivity index is 2.16. The van der Waals surface area contributed by atoms with Crippen LogP contribution >= 0.6 is 0 Å². The standard InChI is InChI=1S/C13H20FNSi/c1-3-16(4-2)12-8-10-7-11(14)5-6-13(10)15-9-12/h5-7,12,15-16H,3-4,8-9H2,1-2H3/t12-/m1/s1. The molecule has 0 aliphatic carbocycles. The lowest BCUT2D eigenvalue weighted by Gasteiger charge is -2.30. The smallest absolute Gasteiger partial charge is 0.123 e. The minimum absolute atomic E-state index is 0.104. The van der Waals surface area contributed by atoms with Crippen molar-refractivity contribution < 1.29 is 4.39 Å². The molecule has 88 valence electrons. The van der Waals surface area contributed by atoms with Gasteiger partial charge in [0, 0.05) is 21.0 Å². The van der Waals surface area contributed by atoms with E-state index in [0.717, 1.165) is 24.2 Å². The van der Waals surface area contributed by atoms with Crippen molar-refractivity contribution in [2.24, 2.45) is 0 Å². The number of hydrogen-bond acceptors (Lipinski definition) is 1. The van der Waals surface area contributed by atoms with E-state index in [-0.39, 0.29) is 5.82 Å². The van der Waals surface area contributed by atoms with Crippen LogP contribution < -0.4 is 5.32 Å². The number of hydrogen-bond donors (Lipinski definition) is 1. The zero-order valence-corrected chi connectivity index (χ0v) is 11.2. The highest BCUT2D eigenvalue weighted by atomic mass is 28.3. The Morgan fingerprint density at radius 3 is 2.81 bits per heavy atom. The molecule has 16 heavy (non-hydrogen) atoms. The first-order valence-corrected chi connectivity index (χ1v) is 8.56. The molecule has 0 saturated heterocycles. The average molecular weight is 237 g/mol. The monoisotopic (exact) mass is 237 g/mol. The van der Waals surface area contributed by atoms with Crippen molar-refractivity contribution in [1.82, 2.24) is 0 Å². The molecule has 2 rings (SSSR count). The summed E-state index contributed by atoms with van der Waals surface area (Å²) in [4.78, 5) is 0. The van der Waals surface area contributed by atoms with E-state index in [9.17, 15) is 4.39 Å². The van der Waals surface area contributed by atoms with Gasteiger partial charge in [-0.15, -0.1) is 0 Å². The fourth-order valence-corrected chi connectivity index (χ4v) is 5.74. The van der Waals surface area contributed by atoms with Gasteiger partial charge in [-0.1, -0.05) is 25.9 Å². The quantitative estimate of drug-likeness (QED) is 0.794. The lowest BCUT2D eigenvalue weighted by atomic mass is 10.0. The maximum absolute atomic E-state index is 13.2. The Morgan fingerprint density at radius 1 is 1.38 bits per heavy atom. The van der Waals surface area contributed by atoms with Crippen molar-refractivity contribution in [1.29, 1.82) is 0 Å². The van der Waals surface area contributed by atoms with Crippen molar-refractivity contribution in [3.8, 4) is 0 Å². The highest BCUT2D eigenvalue weighted by Crippen LogP contribution is 2.31. The summed E-state index contributed by atoms with van der Waals surface area (Å²) in [5.74, 6) is -0.104. The largest absolute Gasteiger partial charge is 0.385 e. The topological polar surface area (TPSA) is 12.0 Å². The molecule has 0 aromatic heterocycles. The molecule has 0 fully saturated rings. The number of benzene rings is 1. The summed E-state index contributed by atoms with van der Waals surface area (Å²) in [6.07, 6.45) is 1.08. The Hall–Kier alpha value is -0.833. The second-order valence-corrected chi connectivity index (χ2v) is 8.82. The van der Waals surface area contributed by atoms with Crippen LogP contribution in [0.25, 0.3) is 0 Å². The van der Waals surface area contributed by atoms with Crippen LogP contribution in [-0.4, -0.2) is 15.3 Å². The zero-order valence-electron chi connectivity index (χ0n) is 10.1. The zero-order chi connectivity index (χ0) is 11.5. The van der Waals surface area contributed by atoms with Crippen LogP contribution in [0.15, 0.2) is 18.2 Å². The van der Waals surface area contributed by atoms with Crippen LogP contribution in [0.1, 0.15) is 19.4 Å². The van der Waals surface area contributed by atoms with E-state index in [0.29, 0.717) is 0 Å². The van der Waals surface area contributed by atoms with Crippen molar-refractivity contribution in [3.05, 3.63) is 29.6 Å². The number of fused-ring (bicyclic) bond motifs is 1. The van der Waals surface area contributed by atoms with Crippen molar-refractivity contribution in [2.75, 3.05) is 11.9 Å². The van der Waals surface area contributed by atoms with E-state index < -0.39 is 8.80 Å². The molecule has 0 bridgehead atoms. The van der Waals surface area contributed by atoms with Gasteiger partial charge in [0.2, 0.25) is 0 Å². The second-order valence-electron chi connectivity index (χ2n) is 4.72. The molecule has 1 aliphatic rings. The van der Waals surface area contributed by atoms with Gasteiger partial charge in [-0.05, 0) is 35.7 Å². The predicted octanol–water partition coefficient (Wildman–Crippen LogP) is 3.43. The molecular formula is C13H20FNSi. The summed E-state index contributed by atoms with van der Waals surface area (Å²) in [5, 5.41) is 3.46. The minimum atomic E-state index is -0.633. The van der Waals surface area contributed by atoms with Crippen LogP contribution in [0.5, 0.6) is 0 Å². The Bertz CT molecular complexity index is 363. The summed E-state index contributed by atoms with van der Waals surface area (Å²) in [6.45, 7) is 5.71. The number of nitrogens with one attached hydrogen (secondary N) is 1. The Kier molecular flexibility index (Phi) is 3.64. The second kappa shape index (κ2) is 5.00. The van der Waals surface area contributed by atoms with Gasteiger partial charge in [0.05, 0.1) is 0 Å². The summed E-state index contributed by atoms with van der Waals surface area (Å²) in [6, 6.07) is 7.82. The van der Waals surface area contributed by atoms with Gasteiger partial charge in [-0.3, -0.25) is 0 Å². The number of rotatable bonds is 3. The van der Waals surface area contributed by atoms with E-state index >= 15 is 0 Å². The lowest BCUT2D eigenvalue weighted by molar-refractivity contribution is 0.623. The normalized spacial score (nSPS) is 19.4. The third kappa shape index (κ3) is 2.29. The van der Waals surface area contributed by atoms with Crippen LogP contribution in [0.4, 0.5) is 10.1 Å². The molecular weight excluding hydrogens is 217 g/mol. The molecule has 1 aliphatic heterocycles.